The molecule has 7 nitrogen and oxygen atoms in total. The lowest BCUT2D eigenvalue weighted by Gasteiger charge is -2.45. The van der Waals surface area contributed by atoms with Gasteiger partial charge in [-0.1, -0.05) is 43.6 Å². The number of hydrogen-bond donors (Lipinski definition) is 1. The number of nitrogens with zero attached hydrogens (tertiary/aromatic N) is 2. The fourth-order valence-corrected chi connectivity index (χ4v) is 7.15. The van der Waals surface area contributed by atoms with Crippen LogP contribution in [0.5, 0.6) is 0 Å². The molecule has 0 aliphatic carbocycles. The lowest BCUT2D eigenvalue weighted by molar-refractivity contribution is -0.121. The Labute approximate surface area is 210 Å². The molecule has 3 atom stereocenters. The van der Waals surface area contributed by atoms with Crippen LogP contribution in [0.2, 0.25) is 5.02 Å². The SMILES string of the molecule is Cc1cc(=O)n(C)c2cc(N3C(=O)CC[C@H](C(C(C)C)S(N)(=O)=O)[C@@H]3c3ccc(Cl)cc3)ccc12. The smallest absolute Gasteiger partial charge is 0.251 e. The second kappa shape index (κ2) is 9.41. The van der Waals surface area contributed by atoms with E-state index in [1.807, 2.05) is 51.1 Å². The molecule has 1 saturated heterocycles. The number of nitrogens with two attached hydrogens (primary N) is 1. The quantitative estimate of drug-likeness (QED) is 0.547. The van der Waals surface area contributed by atoms with Crippen molar-refractivity contribution in [3.8, 4) is 0 Å². The van der Waals surface area contributed by atoms with Gasteiger partial charge in [0.25, 0.3) is 5.56 Å². The van der Waals surface area contributed by atoms with Gasteiger partial charge in [-0.25, -0.2) is 13.6 Å². The molecule has 3 aromatic rings. The lowest BCUT2D eigenvalue weighted by Crippen LogP contribution is -2.51. The zero-order chi connectivity index (χ0) is 25.7. The molecular formula is C26H30ClN3O4S. The number of pyridine rings is 1. The number of carbonyl (C=O) groups excluding carboxylic acids is 1. The van der Waals surface area contributed by atoms with E-state index in [0.29, 0.717) is 22.6 Å². The fourth-order valence-electron chi connectivity index (χ4n) is 5.50. The standard InChI is InChI=1S/C26H30ClN3O4S/c1-15(2)26(35(28,33)34)21-11-12-23(31)30(25(21)17-5-7-18(27)8-6-17)19-9-10-20-16(3)13-24(32)29(4)22(20)14-19/h5-10,13-15,21,25-26H,11-12H2,1-4H3,(H2,28,33,34)/t21-,25-,26?/m0/s1. The van der Waals surface area contributed by atoms with Crippen molar-refractivity contribution in [3.63, 3.8) is 0 Å². The molecule has 2 N–H and O–H groups in total. The van der Waals surface area contributed by atoms with Gasteiger partial charge in [0.05, 0.1) is 16.8 Å². The number of primary sulfonamides is 1. The number of hydrogen-bond acceptors (Lipinski definition) is 4. The maximum Gasteiger partial charge on any atom is 0.251 e. The minimum absolute atomic E-state index is 0.116. The number of anilines is 1. The molecule has 0 bridgehead atoms. The van der Waals surface area contributed by atoms with Crippen LogP contribution in [0.4, 0.5) is 5.69 Å². The molecule has 35 heavy (non-hydrogen) atoms. The van der Waals surface area contributed by atoms with E-state index in [1.54, 1.807) is 34.7 Å². The highest BCUT2D eigenvalue weighted by atomic mass is 35.5. The fraction of sp³-hybridized carbons (Fsp3) is 0.385. The maximum absolute atomic E-state index is 13.4. The molecule has 9 heteroatoms. The third kappa shape index (κ3) is 4.75. The van der Waals surface area contributed by atoms with Crippen LogP contribution in [-0.4, -0.2) is 24.1 Å². The van der Waals surface area contributed by atoms with Gasteiger partial charge in [0.2, 0.25) is 15.9 Å². The normalized spacial score (nSPS) is 20.0. The van der Waals surface area contributed by atoms with Gasteiger partial charge < -0.3 is 9.47 Å². The number of fused-ring (bicyclic) bond motifs is 1. The highest BCUT2D eigenvalue weighted by Gasteiger charge is 2.46. The number of piperidine rings is 1. The molecule has 1 aliphatic heterocycles. The number of sulfonamides is 1. The first-order chi connectivity index (χ1) is 16.4. The van der Waals surface area contributed by atoms with Gasteiger partial charge in [-0.2, -0.15) is 0 Å². The van der Waals surface area contributed by atoms with Gasteiger partial charge in [0, 0.05) is 41.5 Å². The van der Waals surface area contributed by atoms with Crippen LogP contribution in [0, 0.1) is 18.8 Å². The summed E-state index contributed by atoms with van der Waals surface area (Å²) in [5.41, 5.74) is 2.79. The monoisotopic (exact) mass is 515 g/mol. The second-order valence-electron chi connectivity index (χ2n) is 9.69. The lowest BCUT2D eigenvalue weighted by atomic mass is 9.78. The number of aromatic nitrogens is 1. The van der Waals surface area contributed by atoms with Crippen LogP contribution >= 0.6 is 11.6 Å². The van der Waals surface area contributed by atoms with Gasteiger partial charge >= 0.3 is 0 Å². The number of benzene rings is 2. The highest BCUT2D eigenvalue weighted by Crippen LogP contribution is 2.45. The van der Waals surface area contributed by atoms with Crippen LogP contribution in [-0.2, 0) is 21.9 Å². The third-order valence-corrected chi connectivity index (χ3v) is 8.93. The maximum atomic E-state index is 13.4. The first-order valence-corrected chi connectivity index (χ1v) is 13.6. The summed E-state index contributed by atoms with van der Waals surface area (Å²) in [7, 11) is -2.20. The molecule has 186 valence electrons. The van der Waals surface area contributed by atoms with Gasteiger partial charge in [-0.3, -0.25) is 9.59 Å². The van der Waals surface area contributed by atoms with Crippen molar-refractivity contribution < 1.29 is 13.2 Å². The third-order valence-electron chi connectivity index (χ3n) is 7.03. The molecule has 0 saturated carbocycles. The molecule has 1 aromatic heterocycles. The van der Waals surface area contributed by atoms with Crippen LogP contribution in [0.25, 0.3) is 10.9 Å². The number of halogens is 1. The summed E-state index contributed by atoms with van der Waals surface area (Å²) in [5, 5.41) is 6.34. The minimum atomic E-state index is -3.90. The molecule has 1 unspecified atom stereocenters. The summed E-state index contributed by atoms with van der Waals surface area (Å²) in [4.78, 5) is 27.5. The summed E-state index contributed by atoms with van der Waals surface area (Å²) in [6.07, 6.45) is 0.589. The number of amides is 1. The Balaban J connectivity index is 1.96. The number of aryl methyl sites for hydroxylation is 2. The van der Waals surface area contributed by atoms with Gasteiger partial charge in [-0.05, 0) is 54.7 Å². The van der Waals surface area contributed by atoms with Crippen molar-refractivity contribution >= 4 is 44.1 Å². The number of rotatable bonds is 5. The zero-order valence-electron chi connectivity index (χ0n) is 20.2. The topological polar surface area (TPSA) is 102 Å². The van der Waals surface area contributed by atoms with E-state index in [-0.39, 0.29) is 23.8 Å². The van der Waals surface area contributed by atoms with E-state index in [4.69, 9.17) is 16.7 Å². The molecule has 1 amide bonds. The Kier molecular flexibility index (Phi) is 6.83. The van der Waals surface area contributed by atoms with Crippen LogP contribution in [0.3, 0.4) is 0 Å². The predicted octanol–water partition coefficient (Wildman–Crippen LogP) is 4.30. The number of carbonyl (C=O) groups is 1. The molecule has 1 aliphatic rings. The molecule has 4 rings (SSSR count). The molecule has 2 aromatic carbocycles. The van der Waals surface area contributed by atoms with E-state index < -0.39 is 27.2 Å². The second-order valence-corrected chi connectivity index (χ2v) is 11.8. The highest BCUT2D eigenvalue weighted by molar-refractivity contribution is 7.89. The molecule has 0 radical (unpaired) electrons. The summed E-state index contributed by atoms with van der Waals surface area (Å²) >= 11 is 6.14. The molecule has 0 spiro atoms. The summed E-state index contributed by atoms with van der Waals surface area (Å²) < 4.78 is 27.0. The first kappa shape index (κ1) is 25.4. The van der Waals surface area contributed by atoms with Crippen molar-refractivity contribution in [1.29, 1.82) is 0 Å². The Morgan fingerprint density at radius 1 is 1.06 bits per heavy atom. The van der Waals surface area contributed by atoms with E-state index in [0.717, 1.165) is 16.5 Å². The van der Waals surface area contributed by atoms with E-state index in [1.165, 1.54) is 0 Å². The Bertz CT molecular complexity index is 1450. The average Bonchev–Trinajstić information content (AvgIpc) is 2.77. The molecule has 2 heterocycles. The van der Waals surface area contributed by atoms with E-state index >= 15 is 0 Å². The molecule has 1 fully saturated rings. The molecular weight excluding hydrogens is 486 g/mol. The van der Waals surface area contributed by atoms with Crippen LogP contribution < -0.4 is 15.6 Å². The van der Waals surface area contributed by atoms with Crippen LogP contribution in [0.15, 0.2) is 53.3 Å². The van der Waals surface area contributed by atoms with Crippen molar-refractivity contribution in [3.05, 3.63) is 75.0 Å². The van der Waals surface area contributed by atoms with Crippen molar-refractivity contribution in [2.75, 3.05) is 4.90 Å². The van der Waals surface area contributed by atoms with Gasteiger partial charge in [-0.15, -0.1) is 0 Å². The van der Waals surface area contributed by atoms with E-state index in [9.17, 15) is 18.0 Å². The summed E-state index contributed by atoms with van der Waals surface area (Å²) in [5.74, 6) is -0.795. The first-order valence-electron chi connectivity index (χ1n) is 11.6. The summed E-state index contributed by atoms with van der Waals surface area (Å²) in [6.45, 7) is 5.55. The zero-order valence-corrected chi connectivity index (χ0v) is 21.8. The predicted molar refractivity (Wildman–Crippen MR) is 140 cm³/mol. The van der Waals surface area contributed by atoms with Crippen LogP contribution in [0.1, 0.15) is 43.9 Å². The van der Waals surface area contributed by atoms with Crippen molar-refractivity contribution in [2.45, 2.75) is 44.9 Å². The average molecular weight is 516 g/mol. The van der Waals surface area contributed by atoms with Gasteiger partial charge in [0.15, 0.2) is 0 Å². The Hall–Kier alpha value is -2.68. The van der Waals surface area contributed by atoms with E-state index in [2.05, 4.69) is 0 Å². The Morgan fingerprint density at radius 2 is 1.71 bits per heavy atom. The summed E-state index contributed by atoms with van der Waals surface area (Å²) in [6, 6.07) is 13.7. The minimum Gasteiger partial charge on any atom is -0.311 e. The largest absolute Gasteiger partial charge is 0.311 e. The van der Waals surface area contributed by atoms with Crippen molar-refractivity contribution in [1.82, 2.24) is 4.57 Å². The Morgan fingerprint density at radius 3 is 2.31 bits per heavy atom. The van der Waals surface area contributed by atoms with Gasteiger partial charge in [0.1, 0.15) is 0 Å². The van der Waals surface area contributed by atoms with Crippen molar-refractivity contribution in [2.24, 2.45) is 24.0 Å².